The van der Waals surface area contributed by atoms with Gasteiger partial charge in [-0.15, -0.1) is 0 Å². The highest BCUT2D eigenvalue weighted by atomic mass is 16.5. The zero-order valence-corrected chi connectivity index (χ0v) is 17.6. The van der Waals surface area contributed by atoms with Crippen molar-refractivity contribution >= 4 is 5.91 Å². The predicted octanol–water partition coefficient (Wildman–Crippen LogP) is 2.36. The van der Waals surface area contributed by atoms with Crippen molar-refractivity contribution in [3.05, 3.63) is 65.7 Å². The average molecular weight is 410 g/mol. The Bertz CT molecular complexity index is 797. The van der Waals surface area contributed by atoms with Gasteiger partial charge >= 0.3 is 0 Å². The second kappa shape index (κ2) is 10.6. The maximum Gasteiger partial charge on any atom is 0.223 e. The molecule has 160 valence electrons. The van der Waals surface area contributed by atoms with Crippen molar-refractivity contribution in [2.24, 2.45) is 5.92 Å². The van der Waals surface area contributed by atoms with E-state index in [1.807, 2.05) is 24.3 Å². The van der Waals surface area contributed by atoms with Crippen LogP contribution in [0.5, 0.6) is 5.75 Å². The lowest BCUT2D eigenvalue weighted by molar-refractivity contribution is -0.919. The van der Waals surface area contributed by atoms with Gasteiger partial charge in [0.25, 0.3) is 0 Å². The Hall–Kier alpha value is -2.37. The molecule has 5 heteroatoms. The molecule has 1 atom stereocenters. The number of hydrogen-bond donors (Lipinski definition) is 2. The van der Waals surface area contributed by atoms with Crippen molar-refractivity contribution in [3.63, 3.8) is 0 Å². The molecule has 2 aliphatic heterocycles. The van der Waals surface area contributed by atoms with Gasteiger partial charge < -0.3 is 19.7 Å². The lowest BCUT2D eigenvalue weighted by atomic mass is 9.95. The van der Waals surface area contributed by atoms with Gasteiger partial charge in [0.2, 0.25) is 5.91 Å². The highest BCUT2D eigenvalue weighted by Crippen LogP contribution is 2.16. The predicted molar refractivity (Wildman–Crippen MR) is 116 cm³/mol. The van der Waals surface area contributed by atoms with Gasteiger partial charge in [0.05, 0.1) is 19.2 Å². The fourth-order valence-electron chi connectivity index (χ4n) is 4.40. The van der Waals surface area contributed by atoms with Gasteiger partial charge in [-0.05, 0) is 30.5 Å². The van der Waals surface area contributed by atoms with Gasteiger partial charge in [0, 0.05) is 37.5 Å². The van der Waals surface area contributed by atoms with Crippen LogP contribution in [0, 0.1) is 5.92 Å². The van der Waals surface area contributed by atoms with E-state index >= 15 is 0 Å². The van der Waals surface area contributed by atoms with Crippen LogP contribution in [0.3, 0.4) is 0 Å². The maximum absolute atomic E-state index is 12.5. The number of benzene rings is 2. The van der Waals surface area contributed by atoms with Crippen molar-refractivity contribution in [3.8, 4) is 5.75 Å². The Morgan fingerprint density at radius 2 is 1.83 bits per heavy atom. The first-order valence-corrected chi connectivity index (χ1v) is 11.2. The minimum Gasteiger partial charge on any atom is -0.489 e. The van der Waals surface area contributed by atoms with Crippen LogP contribution in [-0.2, 0) is 22.7 Å². The second-order valence-electron chi connectivity index (χ2n) is 8.50. The first-order chi connectivity index (χ1) is 14.8. The largest absolute Gasteiger partial charge is 0.489 e. The summed E-state index contributed by atoms with van der Waals surface area (Å²) in [5, 5.41) is 3.10. The highest BCUT2D eigenvalue weighted by molar-refractivity contribution is 5.78. The van der Waals surface area contributed by atoms with Gasteiger partial charge in [-0.2, -0.15) is 0 Å². The fraction of sp³-hybridized carbons (Fsp3) is 0.480. The van der Waals surface area contributed by atoms with E-state index in [4.69, 9.17) is 9.47 Å². The summed E-state index contributed by atoms with van der Waals surface area (Å²) in [5.41, 5.74) is 2.46. The van der Waals surface area contributed by atoms with Crippen molar-refractivity contribution in [1.82, 2.24) is 5.32 Å². The molecular formula is C25H33N2O3+. The van der Waals surface area contributed by atoms with Crippen molar-refractivity contribution in [1.29, 1.82) is 0 Å². The van der Waals surface area contributed by atoms with Crippen molar-refractivity contribution < 1.29 is 19.2 Å². The molecule has 0 saturated carbocycles. The molecule has 0 aromatic heterocycles. The molecule has 2 aromatic carbocycles. The molecule has 0 aliphatic carbocycles. The Labute approximate surface area is 179 Å². The molecule has 4 rings (SSSR count). The molecule has 2 N–H and O–H groups in total. The molecule has 30 heavy (non-hydrogen) atoms. The third-order valence-electron chi connectivity index (χ3n) is 6.19. The summed E-state index contributed by atoms with van der Waals surface area (Å²) in [5.74, 6) is 1.27. The minimum atomic E-state index is 0.149. The first-order valence-electron chi connectivity index (χ1n) is 11.2. The van der Waals surface area contributed by atoms with E-state index in [1.54, 1.807) is 4.90 Å². The molecule has 0 radical (unpaired) electrons. The van der Waals surface area contributed by atoms with Gasteiger partial charge in [0.1, 0.15) is 18.9 Å². The Kier molecular flexibility index (Phi) is 7.38. The Balaban J connectivity index is 1.20. The third kappa shape index (κ3) is 6.07. The van der Waals surface area contributed by atoms with Crippen LogP contribution in [0.2, 0.25) is 0 Å². The van der Waals surface area contributed by atoms with E-state index in [9.17, 15) is 4.79 Å². The van der Waals surface area contributed by atoms with Crippen molar-refractivity contribution in [2.75, 3.05) is 26.2 Å². The summed E-state index contributed by atoms with van der Waals surface area (Å²) in [6.07, 6.45) is 4.31. The van der Waals surface area contributed by atoms with Gasteiger partial charge in [0.15, 0.2) is 0 Å². The summed E-state index contributed by atoms with van der Waals surface area (Å²) in [6.45, 7) is 5.14. The molecule has 2 heterocycles. The molecule has 0 spiro atoms. The number of quaternary nitrogens is 1. The molecule has 2 aromatic rings. The van der Waals surface area contributed by atoms with Crippen LogP contribution >= 0.6 is 0 Å². The summed E-state index contributed by atoms with van der Waals surface area (Å²) >= 11 is 0. The SMILES string of the molecule is O=C(NC[C@@H]1CCCO1)C1CC[NH+](Cc2cccc(OCc3ccccc3)c2)CC1. The number of amides is 1. The maximum atomic E-state index is 12.5. The minimum absolute atomic E-state index is 0.149. The van der Waals surface area contributed by atoms with Crippen LogP contribution in [0.1, 0.15) is 36.8 Å². The van der Waals surface area contributed by atoms with Crippen LogP contribution in [-0.4, -0.2) is 38.3 Å². The van der Waals surface area contributed by atoms with E-state index in [2.05, 4.69) is 35.6 Å². The highest BCUT2D eigenvalue weighted by Gasteiger charge is 2.28. The number of rotatable bonds is 8. The Morgan fingerprint density at radius 1 is 1.03 bits per heavy atom. The van der Waals surface area contributed by atoms with Crippen molar-refractivity contribution in [2.45, 2.75) is 44.9 Å². The van der Waals surface area contributed by atoms with E-state index in [0.29, 0.717) is 13.2 Å². The zero-order chi connectivity index (χ0) is 20.6. The molecule has 5 nitrogen and oxygen atoms in total. The van der Waals surface area contributed by atoms with Gasteiger partial charge in [-0.1, -0.05) is 42.5 Å². The molecular weight excluding hydrogens is 376 g/mol. The number of ether oxygens (including phenoxy) is 2. The van der Waals surface area contributed by atoms with E-state index < -0.39 is 0 Å². The fourth-order valence-corrected chi connectivity index (χ4v) is 4.40. The average Bonchev–Trinajstić information content (AvgIpc) is 3.31. The summed E-state index contributed by atoms with van der Waals surface area (Å²) in [7, 11) is 0. The number of piperidine rings is 1. The molecule has 2 fully saturated rings. The standard InChI is InChI=1S/C25H32N2O3/c28-25(26-17-24-10-5-15-29-24)22-11-13-27(14-12-22)18-21-8-4-9-23(16-21)30-19-20-6-2-1-3-7-20/h1-4,6-9,16,22,24H,5,10-15,17-19H2,(H,26,28)/p+1/t24-/m0/s1. The van der Waals surface area contributed by atoms with Crippen LogP contribution in [0.25, 0.3) is 0 Å². The third-order valence-corrected chi connectivity index (χ3v) is 6.19. The normalized spacial score (nSPS) is 23.8. The monoisotopic (exact) mass is 409 g/mol. The Morgan fingerprint density at radius 3 is 2.60 bits per heavy atom. The topological polar surface area (TPSA) is 52.0 Å². The number of likely N-dealkylation sites (tertiary alicyclic amines) is 1. The van der Waals surface area contributed by atoms with Crippen LogP contribution in [0.4, 0.5) is 0 Å². The van der Waals surface area contributed by atoms with Gasteiger partial charge in [-0.25, -0.2) is 0 Å². The van der Waals surface area contributed by atoms with Crippen LogP contribution in [0.15, 0.2) is 54.6 Å². The van der Waals surface area contributed by atoms with Gasteiger partial charge in [-0.3, -0.25) is 4.79 Å². The summed E-state index contributed by atoms with van der Waals surface area (Å²) in [6, 6.07) is 18.6. The summed E-state index contributed by atoms with van der Waals surface area (Å²) in [4.78, 5) is 14.0. The quantitative estimate of drug-likeness (QED) is 0.704. The lowest BCUT2D eigenvalue weighted by Gasteiger charge is -2.29. The first kappa shape index (κ1) is 20.9. The number of carbonyl (C=O) groups excluding carboxylic acids is 1. The number of carbonyl (C=O) groups is 1. The van der Waals surface area contributed by atoms with E-state index in [1.165, 1.54) is 11.1 Å². The smallest absolute Gasteiger partial charge is 0.223 e. The molecule has 2 aliphatic rings. The zero-order valence-electron chi connectivity index (χ0n) is 17.6. The van der Waals surface area contributed by atoms with Crippen LogP contribution < -0.4 is 15.0 Å². The molecule has 1 amide bonds. The number of nitrogens with one attached hydrogen (secondary N) is 2. The molecule has 0 bridgehead atoms. The second-order valence-corrected chi connectivity index (χ2v) is 8.50. The summed E-state index contributed by atoms with van der Waals surface area (Å²) < 4.78 is 11.6. The molecule has 2 saturated heterocycles. The molecule has 0 unspecified atom stereocenters. The van der Waals surface area contributed by atoms with E-state index in [0.717, 1.165) is 57.7 Å². The number of hydrogen-bond acceptors (Lipinski definition) is 3. The van der Waals surface area contributed by atoms with E-state index in [-0.39, 0.29) is 17.9 Å². The lowest BCUT2D eigenvalue weighted by Crippen LogP contribution is -3.11.